The number of nitriles is 1. The summed E-state index contributed by atoms with van der Waals surface area (Å²) in [5.41, 5.74) is 1.45. The van der Waals surface area contributed by atoms with Gasteiger partial charge >= 0.3 is 0 Å². The van der Waals surface area contributed by atoms with Crippen molar-refractivity contribution in [3.63, 3.8) is 0 Å². The van der Waals surface area contributed by atoms with Crippen LogP contribution in [0.4, 0.5) is 10.2 Å². The van der Waals surface area contributed by atoms with E-state index in [-0.39, 0.29) is 11.8 Å². The van der Waals surface area contributed by atoms with Crippen molar-refractivity contribution in [2.75, 3.05) is 31.5 Å². The number of piperazine rings is 1. The molecule has 5 rings (SSSR count). The van der Waals surface area contributed by atoms with Gasteiger partial charge in [-0.25, -0.2) is 14.4 Å². The first-order valence-electron chi connectivity index (χ1n) is 11.7. The monoisotopic (exact) mass is 436 g/mol. The van der Waals surface area contributed by atoms with Gasteiger partial charge in [-0.2, -0.15) is 5.26 Å². The molecule has 0 spiro atoms. The maximum atomic E-state index is 13.1. The summed E-state index contributed by atoms with van der Waals surface area (Å²) in [6.07, 6.45) is 5.98. The smallest absolute Gasteiger partial charge is 0.225 e. The van der Waals surface area contributed by atoms with Gasteiger partial charge in [-0.1, -0.05) is 0 Å². The van der Waals surface area contributed by atoms with Crippen molar-refractivity contribution in [1.29, 1.82) is 5.26 Å². The molecule has 3 fully saturated rings. The number of halogens is 1. The molecule has 168 valence electrons. The normalized spacial score (nSPS) is 28.7. The van der Waals surface area contributed by atoms with Gasteiger partial charge in [0.05, 0.1) is 17.1 Å². The molecular weight excluding hydrogens is 407 g/mol. The second-order valence-electron chi connectivity index (χ2n) is 9.34. The SMILES string of the molecule is N#Cc1ccc2ncnc(NC3CCC(N4CCN(C(=O)[C@H]5C[C@H](F)C5)CC4)CC3)c2c1. The van der Waals surface area contributed by atoms with E-state index in [1.54, 1.807) is 12.4 Å². The van der Waals surface area contributed by atoms with Gasteiger partial charge in [0.1, 0.15) is 18.3 Å². The summed E-state index contributed by atoms with van der Waals surface area (Å²) in [5, 5.41) is 13.7. The number of hydrogen-bond donors (Lipinski definition) is 1. The number of carbonyl (C=O) groups excluding carboxylic acids is 1. The van der Waals surface area contributed by atoms with Crippen molar-refractivity contribution in [2.45, 2.75) is 56.8 Å². The lowest BCUT2D eigenvalue weighted by molar-refractivity contribution is -0.142. The van der Waals surface area contributed by atoms with Crippen LogP contribution >= 0.6 is 0 Å². The predicted molar refractivity (Wildman–Crippen MR) is 120 cm³/mol. The Kier molecular flexibility index (Phi) is 5.92. The molecule has 1 N–H and O–H groups in total. The van der Waals surface area contributed by atoms with E-state index in [1.807, 2.05) is 17.0 Å². The molecule has 3 aliphatic rings. The molecule has 1 saturated heterocycles. The van der Waals surface area contributed by atoms with Crippen molar-refractivity contribution >= 4 is 22.6 Å². The standard InChI is InChI=1S/C24H29FN6O/c25-18-12-17(13-18)24(32)31-9-7-30(8-10-31)20-4-2-19(3-5-20)29-23-21-11-16(14-26)1-6-22(21)27-15-28-23/h1,6,11,15,17-20H,2-5,7-10,12-13H2,(H,27,28,29)/t17-,18-,19?,20?. The fourth-order valence-corrected chi connectivity index (χ4v) is 5.34. The number of aromatic nitrogens is 2. The maximum Gasteiger partial charge on any atom is 0.225 e. The molecule has 2 heterocycles. The van der Waals surface area contributed by atoms with E-state index in [0.717, 1.165) is 68.6 Å². The molecule has 2 aromatic rings. The molecule has 0 bridgehead atoms. The molecule has 32 heavy (non-hydrogen) atoms. The lowest BCUT2D eigenvalue weighted by Gasteiger charge is -2.43. The Morgan fingerprint density at radius 2 is 1.84 bits per heavy atom. The molecule has 7 nitrogen and oxygen atoms in total. The summed E-state index contributed by atoms with van der Waals surface area (Å²) in [7, 11) is 0. The van der Waals surface area contributed by atoms with Crippen LogP contribution in [0.1, 0.15) is 44.1 Å². The predicted octanol–water partition coefficient (Wildman–Crippen LogP) is 3.12. The number of alkyl halides is 1. The second-order valence-corrected chi connectivity index (χ2v) is 9.34. The zero-order valence-electron chi connectivity index (χ0n) is 18.2. The summed E-state index contributed by atoms with van der Waals surface area (Å²) in [4.78, 5) is 25.7. The van der Waals surface area contributed by atoms with Crippen LogP contribution in [-0.2, 0) is 4.79 Å². The number of carbonyl (C=O) groups is 1. The highest BCUT2D eigenvalue weighted by molar-refractivity contribution is 5.89. The van der Waals surface area contributed by atoms with Crippen molar-refractivity contribution in [1.82, 2.24) is 19.8 Å². The van der Waals surface area contributed by atoms with Gasteiger partial charge in [-0.15, -0.1) is 0 Å². The highest BCUT2D eigenvalue weighted by Gasteiger charge is 2.38. The molecule has 2 aliphatic carbocycles. The number of nitrogens with one attached hydrogen (secondary N) is 1. The summed E-state index contributed by atoms with van der Waals surface area (Å²) >= 11 is 0. The van der Waals surface area contributed by atoms with E-state index in [1.165, 1.54) is 0 Å². The van der Waals surface area contributed by atoms with Crippen LogP contribution in [0.5, 0.6) is 0 Å². The number of nitrogens with zero attached hydrogens (tertiary/aromatic N) is 5. The van der Waals surface area contributed by atoms with Gasteiger partial charge in [0.15, 0.2) is 0 Å². The Hall–Kier alpha value is -2.79. The van der Waals surface area contributed by atoms with Gasteiger partial charge in [-0.05, 0) is 56.7 Å². The first kappa shape index (κ1) is 21.1. The lowest BCUT2D eigenvalue weighted by atomic mass is 9.82. The number of rotatable bonds is 4. The summed E-state index contributed by atoms with van der Waals surface area (Å²) in [6, 6.07) is 8.58. The molecule has 8 heteroatoms. The molecular formula is C24H29FN6O. The van der Waals surface area contributed by atoms with Crippen LogP contribution in [-0.4, -0.2) is 70.1 Å². The van der Waals surface area contributed by atoms with Crippen LogP contribution < -0.4 is 5.32 Å². The first-order valence-corrected chi connectivity index (χ1v) is 11.7. The summed E-state index contributed by atoms with van der Waals surface area (Å²) in [5.74, 6) is 0.873. The quantitative estimate of drug-likeness (QED) is 0.793. The molecule has 1 aliphatic heterocycles. The highest BCUT2D eigenvalue weighted by atomic mass is 19.1. The molecule has 2 saturated carbocycles. The van der Waals surface area contributed by atoms with E-state index in [4.69, 9.17) is 0 Å². The van der Waals surface area contributed by atoms with Gasteiger partial charge in [0.25, 0.3) is 0 Å². The van der Waals surface area contributed by atoms with Crippen molar-refractivity contribution in [2.24, 2.45) is 5.92 Å². The highest BCUT2D eigenvalue weighted by Crippen LogP contribution is 2.33. The Morgan fingerprint density at radius 1 is 1.09 bits per heavy atom. The Labute approximate surface area is 187 Å². The largest absolute Gasteiger partial charge is 0.367 e. The molecule has 1 aromatic carbocycles. The van der Waals surface area contributed by atoms with Crippen molar-refractivity contribution in [3.8, 4) is 6.07 Å². The lowest BCUT2D eigenvalue weighted by Crippen LogP contribution is -2.55. The minimum atomic E-state index is -0.775. The van der Waals surface area contributed by atoms with E-state index >= 15 is 0 Å². The Morgan fingerprint density at radius 3 is 2.53 bits per heavy atom. The average molecular weight is 437 g/mol. The van der Waals surface area contributed by atoms with E-state index in [9.17, 15) is 14.4 Å². The van der Waals surface area contributed by atoms with E-state index in [2.05, 4.69) is 26.3 Å². The minimum Gasteiger partial charge on any atom is -0.367 e. The topological polar surface area (TPSA) is 85.2 Å². The van der Waals surface area contributed by atoms with Gasteiger partial charge in [0.2, 0.25) is 5.91 Å². The fraction of sp³-hybridized carbons (Fsp3) is 0.583. The van der Waals surface area contributed by atoms with Crippen LogP contribution in [0, 0.1) is 17.2 Å². The Balaban J connectivity index is 1.13. The average Bonchev–Trinajstić information content (AvgIpc) is 2.82. The number of hydrogen-bond acceptors (Lipinski definition) is 6. The summed E-state index contributed by atoms with van der Waals surface area (Å²) < 4.78 is 13.1. The van der Waals surface area contributed by atoms with Crippen LogP contribution in [0.3, 0.4) is 0 Å². The van der Waals surface area contributed by atoms with Crippen LogP contribution in [0.2, 0.25) is 0 Å². The third-order valence-corrected chi connectivity index (χ3v) is 7.37. The fourth-order valence-electron chi connectivity index (χ4n) is 5.34. The van der Waals surface area contributed by atoms with E-state index < -0.39 is 6.17 Å². The minimum absolute atomic E-state index is 0.0832. The zero-order valence-corrected chi connectivity index (χ0v) is 18.2. The maximum absolute atomic E-state index is 13.1. The number of benzene rings is 1. The number of fused-ring (bicyclic) bond motifs is 1. The van der Waals surface area contributed by atoms with Crippen molar-refractivity contribution < 1.29 is 9.18 Å². The molecule has 0 radical (unpaired) electrons. The van der Waals surface area contributed by atoms with Gasteiger partial charge < -0.3 is 10.2 Å². The summed E-state index contributed by atoms with van der Waals surface area (Å²) in [6.45, 7) is 3.35. The first-order chi connectivity index (χ1) is 15.6. The molecule has 1 aromatic heterocycles. The van der Waals surface area contributed by atoms with E-state index in [0.29, 0.717) is 30.5 Å². The molecule has 0 atom stereocenters. The third-order valence-electron chi connectivity index (χ3n) is 7.37. The molecule has 0 unspecified atom stereocenters. The Bertz CT molecular complexity index is 1020. The van der Waals surface area contributed by atoms with Crippen LogP contribution in [0.15, 0.2) is 24.5 Å². The molecule has 1 amide bonds. The third kappa shape index (κ3) is 4.26. The zero-order chi connectivity index (χ0) is 22.1. The second kappa shape index (κ2) is 8.99. The van der Waals surface area contributed by atoms with Gasteiger partial charge in [-0.3, -0.25) is 9.69 Å². The van der Waals surface area contributed by atoms with Crippen LogP contribution in [0.25, 0.3) is 10.9 Å². The number of amides is 1. The van der Waals surface area contributed by atoms with Crippen molar-refractivity contribution in [3.05, 3.63) is 30.1 Å². The number of anilines is 1. The van der Waals surface area contributed by atoms with Gasteiger partial charge in [0, 0.05) is 49.6 Å².